The number of carbonyl (C=O) groups excluding carboxylic acids is 1. The summed E-state index contributed by atoms with van der Waals surface area (Å²) in [6.07, 6.45) is 15.4. The lowest BCUT2D eigenvalue weighted by molar-refractivity contribution is -0.117. The average molecular weight is 312 g/mol. The molecule has 0 aliphatic carbocycles. The van der Waals surface area contributed by atoms with E-state index in [0.717, 1.165) is 22.5 Å². The fourth-order valence-electron chi connectivity index (χ4n) is 2.09. The van der Waals surface area contributed by atoms with Crippen molar-refractivity contribution in [3.8, 4) is 0 Å². The summed E-state index contributed by atoms with van der Waals surface area (Å²) in [5, 5.41) is 0. The summed E-state index contributed by atoms with van der Waals surface area (Å²) in [4.78, 5) is 13.3. The van der Waals surface area contributed by atoms with E-state index in [9.17, 15) is 4.79 Å². The van der Waals surface area contributed by atoms with Crippen LogP contribution in [0.2, 0.25) is 0 Å². The first-order valence-electron chi connectivity index (χ1n) is 7.60. The zero-order valence-electron chi connectivity index (χ0n) is 14.7. The smallest absolute Gasteiger partial charge is 0.223 e. The van der Waals surface area contributed by atoms with Gasteiger partial charge in [0.2, 0.25) is 5.91 Å². The molecule has 3 heteroatoms. The summed E-state index contributed by atoms with van der Waals surface area (Å²) in [7, 11) is 0. The Hall–Kier alpha value is -2.55. The standard InChI is InChI=1S/C20H28N2O/c1-7-11-14-18(13-9-3)17(6)19(15-20(21)23)22(10-4)16(5)12-8-2/h7-14H,4-5,15H2,1-3,6H3,(H2,21,23)/b11-7-,12-8-,13-9-,18-14+,19-17+. The molecular weight excluding hydrogens is 284 g/mol. The maximum absolute atomic E-state index is 11.5. The molecule has 0 atom stereocenters. The maximum Gasteiger partial charge on any atom is 0.223 e. The van der Waals surface area contributed by atoms with Gasteiger partial charge in [0.05, 0.1) is 6.42 Å². The van der Waals surface area contributed by atoms with Crippen LogP contribution in [-0.4, -0.2) is 10.8 Å². The molecule has 0 unspecified atom stereocenters. The molecule has 0 aliphatic heterocycles. The van der Waals surface area contributed by atoms with Crippen molar-refractivity contribution in [2.45, 2.75) is 34.1 Å². The molecule has 0 heterocycles. The van der Waals surface area contributed by atoms with Crippen molar-refractivity contribution in [3.63, 3.8) is 0 Å². The Morgan fingerprint density at radius 3 is 2.17 bits per heavy atom. The SMILES string of the molecule is C=CN(C(=C)/C=C\C)/C(CC(N)=O)=C(C)/C(/C=C\C)=C/C=C\C. The fourth-order valence-corrected chi connectivity index (χ4v) is 2.09. The van der Waals surface area contributed by atoms with Gasteiger partial charge in [-0.2, -0.15) is 0 Å². The van der Waals surface area contributed by atoms with Crippen LogP contribution in [0.4, 0.5) is 0 Å². The lowest BCUT2D eigenvalue weighted by Gasteiger charge is -2.26. The van der Waals surface area contributed by atoms with E-state index in [-0.39, 0.29) is 6.42 Å². The van der Waals surface area contributed by atoms with E-state index in [0.29, 0.717) is 0 Å². The second kappa shape index (κ2) is 11.1. The topological polar surface area (TPSA) is 46.3 Å². The first-order valence-corrected chi connectivity index (χ1v) is 7.60. The summed E-state index contributed by atoms with van der Waals surface area (Å²) in [5.74, 6) is -0.398. The van der Waals surface area contributed by atoms with Gasteiger partial charge in [0.25, 0.3) is 0 Å². The van der Waals surface area contributed by atoms with E-state index in [4.69, 9.17) is 5.73 Å². The highest BCUT2D eigenvalue weighted by atomic mass is 16.1. The Bertz CT molecular complexity index is 587. The molecule has 0 saturated heterocycles. The minimum atomic E-state index is -0.398. The summed E-state index contributed by atoms with van der Waals surface area (Å²) < 4.78 is 0. The maximum atomic E-state index is 11.5. The lowest BCUT2D eigenvalue weighted by Crippen LogP contribution is -2.22. The number of hydrogen-bond donors (Lipinski definition) is 1. The number of rotatable bonds is 9. The number of hydrogen-bond acceptors (Lipinski definition) is 2. The highest BCUT2D eigenvalue weighted by Crippen LogP contribution is 2.25. The Balaban J connectivity index is 6.22. The normalized spacial score (nSPS) is 13.7. The fraction of sp³-hybridized carbons (Fsp3) is 0.250. The molecule has 1 amide bonds. The highest BCUT2D eigenvalue weighted by molar-refractivity contribution is 5.77. The van der Waals surface area contributed by atoms with Gasteiger partial charge in [0.1, 0.15) is 0 Å². The minimum Gasteiger partial charge on any atom is -0.369 e. The monoisotopic (exact) mass is 312 g/mol. The van der Waals surface area contributed by atoms with Gasteiger partial charge in [-0.3, -0.25) is 4.79 Å². The van der Waals surface area contributed by atoms with Crippen molar-refractivity contribution in [3.05, 3.63) is 84.4 Å². The number of nitrogens with zero attached hydrogens (tertiary/aromatic N) is 1. The molecule has 0 aliphatic rings. The quantitative estimate of drug-likeness (QED) is 0.624. The molecule has 0 fully saturated rings. The zero-order chi connectivity index (χ0) is 17.8. The molecule has 0 aromatic rings. The molecule has 0 aromatic heterocycles. The minimum absolute atomic E-state index is 0.110. The van der Waals surface area contributed by atoms with E-state index >= 15 is 0 Å². The highest BCUT2D eigenvalue weighted by Gasteiger charge is 2.15. The Labute approximate surface area is 140 Å². The second-order valence-electron chi connectivity index (χ2n) is 4.91. The predicted molar refractivity (Wildman–Crippen MR) is 100 cm³/mol. The number of amides is 1. The van der Waals surface area contributed by atoms with Gasteiger partial charge in [-0.15, -0.1) is 0 Å². The predicted octanol–water partition coefficient (Wildman–Crippen LogP) is 4.75. The molecule has 0 saturated carbocycles. The molecule has 23 heavy (non-hydrogen) atoms. The third kappa shape index (κ3) is 6.83. The van der Waals surface area contributed by atoms with Gasteiger partial charge in [0, 0.05) is 17.6 Å². The van der Waals surface area contributed by atoms with Gasteiger partial charge >= 0.3 is 0 Å². The molecule has 0 bridgehead atoms. The number of carbonyl (C=O) groups is 1. The summed E-state index contributed by atoms with van der Waals surface area (Å²) in [6.45, 7) is 15.6. The third-order valence-corrected chi connectivity index (χ3v) is 3.16. The van der Waals surface area contributed by atoms with Crippen LogP contribution in [0, 0.1) is 0 Å². The number of allylic oxidation sites excluding steroid dienone is 9. The van der Waals surface area contributed by atoms with Crippen LogP contribution < -0.4 is 5.73 Å². The Morgan fingerprint density at radius 1 is 1.13 bits per heavy atom. The number of primary amides is 1. The van der Waals surface area contributed by atoms with Crippen LogP contribution in [0.3, 0.4) is 0 Å². The molecular formula is C20H28N2O. The molecule has 0 aromatic carbocycles. The van der Waals surface area contributed by atoms with Crippen molar-refractivity contribution >= 4 is 5.91 Å². The summed E-state index contributed by atoms with van der Waals surface area (Å²) >= 11 is 0. The molecule has 0 radical (unpaired) electrons. The van der Waals surface area contributed by atoms with Crippen molar-refractivity contribution in [1.29, 1.82) is 0 Å². The van der Waals surface area contributed by atoms with E-state index < -0.39 is 5.91 Å². The third-order valence-electron chi connectivity index (χ3n) is 3.16. The van der Waals surface area contributed by atoms with E-state index in [1.54, 1.807) is 11.1 Å². The zero-order valence-corrected chi connectivity index (χ0v) is 14.7. The first-order chi connectivity index (χ1) is 10.9. The van der Waals surface area contributed by atoms with Gasteiger partial charge in [-0.25, -0.2) is 0 Å². The molecule has 3 nitrogen and oxygen atoms in total. The number of nitrogens with two attached hydrogens (primary N) is 1. The largest absolute Gasteiger partial charge is 0.369 e. The van der Waals surface area contributed by atoms with Crippen molar-refractivity contribution in [2.24, 2.45) is 5.73 Å². The van der Waals surface area contributed by atoms with E-state index in [1.807, 2.05) is 70.2 Å². The van der Waals surface area contributed by atoms with E-state index in [1.165, 1.54) is 0 Å². The van der Waals surface area contributed by atoms with Crippen molar-refractivity contribution < 1.29 is 4.79 Å². The van der Waals surface area contributed by atoms with Gasteiger partial charge < -0.3 is 10.6 Å². The first kappa shape index (κ1) is 20.5. The lowest BCUT2D eigenvalue weighted by atomic mass is 10.0. The summed E-state index contributed by atoms with van der Waals surface area (Å²) in [6, 6.07) is 0. The average Bonchev–Trinajstić information content (AvgIpc) is 2.50. The molecule has 2 N–H and O–H groups in total. The van der Waals surface area contributed by atoms with Gasteiger partial charge in [0.15, 0.2) is 0 Å². The van der Waals surface area contributed by atoms with Crippen LogP contribution in [-0.2, 0) is 4.79 Å². The molecule has 0 rings (SSSR count). The molecule has 0 spiro atoms. The van der Waals surface area contributed by atoms with Crippen LogP contribution in [0.15, 0.2) is 84.4 Å². The van der Waals surface area contributed by atoms with Crippen LogP contribution in [0.5, 0.6) is 0 Å². The van der Waals surface area contributed by atoms with Gasteiger partial charge in [-0.05, 0) is 44.9 Å². The van der Waals surface area contributed by atoms with Crippen LogP contribution in [0.25, 0.3) is 0 Å². The second-order valence-corrected chi connectivity index (χ2v) is 4.91. The summed E-state index contributed by atoms with van der Waals surface area (Å²) in [5.41, 5.74) is 8.88. The van der Waals surface area contributed by atoms with Crippen molar-refractivity contribution in [1.82, 2.24) is 4.90 Å². The Kier molecular flexibility index (Phi) is 9.85. The van der Waals surface area contributed by atoms with E-state index in [2.05, 4.69) is 13.2 Å². The van der Waals surface area contributed by atoms with Crippen molar-refractivity contribution in [2.75, 3.05) is 0 Å². The van der Waals surface area contributed by atoms with Crippen LogP contribution in [0.1, 0.15) is 34.1 Å². The Morgan fingerprint density at radius 2 is 1.74 bits per heavy atom. The molecule has 124 valence electrons. The van der Waals surface area contributed by atoms with Crippen LogP contribution >= 0.6 is 0 Å². The van der Waals surface area contributed by atoms with Gasteiger partial charge in [-0.1, -0.05) is 49.6 Å².